The molecule has 0 atom stereocenters. The first-order chi connectivity index (χ1) is 9.79. The molecule has 0 spiro atoms. The monoisotopic (exact) mass is 327 g/mol. The van der Waals surface area contributed by atoms with Gasteiger partial charge in [-0.3, -0.25) is 4.72 Å². The number of rotatable bonds is 4. The van der Waals surface area contributed by atoms with E-state index in [1.807, 2.05) is 0 Å². The van der Waals surface area contributed by atoms with Crippen LogP contribution in [0.5, 0.6) is 5.75 Å². The SMILES string of the molecule is O=C(O)c1cc(O)ccc1NS(=O)(=O)c1ccc(Cl)cc1. The van der Waals surface area contributed by atoms with E-state index in [4.69, 9.17) is 16.7 Å². The third-order valence-corrected chi connectivity index (χ3v) is 4.24. The highest BCUT2D eigenvalue weighted by Crippen LogP contribution is 2.24. The molecule has 0 aromatic heterocycles. The molecule has 2 aromatic rings. The predicted molar refractivity (Wildman–Crippen MR) is 77.3 cm³/mol. The zero-order chi connectivity index (χ0) is 15.6. The average Bonchev–Trinajstić information content (AvgIpc) is 2.41. The Hall–Kier alpha value is -2.25. The van der Waals surface area contributed by atoms with Crippen molar-refractivity contribution in [2.24, 2.45) is 0 Å². The first kappa shape index (κ1) is 15.1. The standard InChI is InChI=1S/C13H10ClNO5S/c14-8-1-4-10(5-2-8)21(19,20)15-12-6-3-9(16)7-11(12)13(17)18/h1-7,15-16H,(H,17,18). The third-order valence-electron chi connectivity index (χ3n) is 2.60. The van der Waals surface area contributed by atoms with Crippen molar-refractivity contribution in [3.8, 4) is 5.75 Å². The van der Waals surface area contributed by atoms with Gasteiger partial charge in [-0.2, -0.15) is 0 Å². The minimum absolute atomic E-state index is 0.0590. The minimum atomic E-state index is -3.95. The molecule has 0 amide bonds. The van der Waals surface area contributed by atoms with Crippen LogP contribution in [0.4, 0.5) is 5.69 Å². The average molecular weight is 328 g/mol. The van der Waals surface area contributed by atoms with Gasteiger partial charge in [0.1, 0.15) is 5.75 Å². The number of phenolic OH excluding ortho intramolecular Hbond substituents is 1. The molecule has 21 heavy (non-hydrogen) atoms. The van der Waals surface area contributed by atoms with Gasteiger partial charge in [-0.25, -0.2) is 13.2 Å². The zero-order valence-electron chi connectivity index (χ0n) is 10.4. The Kier molecular flexibility index (Phi) is 4.06. The summed E-state index contributed by atoms with van der Waals surface area (Å²) in [4.78, 5) is 11.0. The first-order valence-corrected chi connectivity index (χ1v) is 7.50. The Morgan fingerprint density at radius 1 is 1.10 bits per heavy atom. The molecule has 0 aliphatic carbocycles. The number of hydrogen-bond donors (Lipinski definition) is 3. The number of carboxylic acids is 1. The van der Waals surface area contributed by atoms with Gasteiger partial charge in [0.15, 0.2) is 0 Å². The maximum absolute atomic E-state index is 12.2. The van der Waals surface area contributed by atoms with E-state index >= 15 is 0 Å². The molecule has 110 valence electrons. The van der Waals surface area contributed by atoms with Crippen molar-refractivity contribution in [1.29, 1.82) is 0 Å². The second kappa shape index (κ2) is 5.63. The lowest BCUT2D eigenvalue weighted by Crippen LogP contribution is -2.15. The fraction of sp³-hybridized carbons (Fsp3) is 0. The summed E-state index contributed by atoms with van der Waals surface area (Å²) >= 11 is 5.69. The Morgan fingerprint density at radius 3 is 2.29 bits per heavy atom. The largest absolute Gasteiger partial charge is 0.508 e. The van der Waals surface area contributed by atoms with Gasteiger partial charge < -0.3 is 10.2 Å². The molecule has 6 nitrogen and oxygen atoms in total. The first-order valence-electron chi connectivity index (χ1n) is 5.64. The molecule has 0 saturated carbocycles. The highest BCUT2D eigenvalue weighted by molar-refractivity contribution is 7.92. The number of aromatic hydroxyl groups is 1. The number of carbonyl (C=O) groups is 1. The van der Waals surface area contributed by atoms with Crippen molar-refractivity contribution in [3.05, 3.63) is 53.1 Å². The Labute approximate surface area is 125 Å². The number of halogens is 1. The van der Waals surface area contributed by atoms with E-state index in [-0.39, 0.29) is 21.9 Å². The number of anilines is 1. The van der Waals surface area contributed by atoms with Crippen LogP contribution in [-0.2, 0) is 10.0 Å². The van der Waals surface area contributed by atoms with Crippen molar-refractivity contribution >= 4 is 33.3 Å². The second-order valence-corrected chi connectivity index (χ2v) is 6.21. The van der Waals surface area contributed by atoms with Crippen LogP contribution in [-0.4, -0.2) is 24.6 Å². The highest BCUT2D eigenvalue weighted by atomic mass is 35.5. The molecule has 0 radical (unpaired) electrons. The molecule has 2 rings (SSSR count). The highest BCUT2D eigenvalue weighted by Gasteiger charge is 2.18. The molecule has 0 aliphatic rings. The minimum Gasteiger partial charge on any atom is -0.508 e. The van der Waals surface area contributed by atoms with Gasteiger partial charge in [-0.15, -0.1) is 0 Å². The summed E-state index contributed by atoms with van der Waals surface area (Å²) in [7, 11) is -3.95. The fourth-order valence-electron chi connectivity index (χ4n) is 1.62. The summed E-state index contributed by atoms with van der Waals surface area (Å²) in [6.07, 6.45) is 0. The number of nitrogens with one attached hydrogen (secondary N) is 1. The molecule has 0 unspecified atom stereocenters. The quantitative estimate of drug-likeness (QED) is 0.749. The Balaban J connectivity index is 2.41. The van der Waals surface area contributed by atoms with E-state index < -0.39 is 16.0 Å². The normalized spacial score (nSPS) is 11.1. The molecular formula is C13H10ClNO5S. The zero-order valence-corrected chi connectivity index (χ0v) is 12.0. The molecule has 2 aromatic carbocycles. The molecule has 8 heteroatoms. The molecule has 0 heterocycles. The lowest BCUT2D eigenvalue weighted by Gasteiger charge is -2.11. The van der Waals surface area contributed by atoms with E-state index in [0.29, 0.717) is 5.02 Å². The van der Waals surface area contributed by atoms with Crippen LogP contribution in [0.3, 0.4) is 0 Å². The van der Waals surface area contributed by atoms with E-state index in [9.17, 15) is 18.3 Å². The van der Waals surface area contributed by atoms with Gasteiger partial charge in [0.25, 0.3) is 10.0 Å². The van der Waals surface area contributed by atoms with E-state index in [1.165, 1.54) is 36.4 Å². The van der Waals surface area contributed by atoms with Crippen LogP contribution < -0.4 is 4.72 Å². The van der Waals surface area contributed by atoms with Crippen LogP contribution in [0, 0.1) is 0 Å². The summed E-state index contributed by atoms with van der Waals surface area (Å²) in [5.74, 6) is -1.64. The smallest absolute Gasteiger partial charge is 0.337 e. The maximum atomic E-state index is 12.2. The van der Waals surface area contributed by atoms with Crippen molar-refractivity contribution in [2.45, 2.75) is 4.90 Å². The van der Waals surface area contributed by atoms with Gasteiger partial charge >= 0.3 is 5.97 Å². The molecule has 0 fully saturated rings. The van der Waals surface area contributed by atoms with E-state index in [2.05, 4.69) is 4.72 Å². The molecule has 0 bridgehead atoms. The van der Waals surface area contributed by atoms with Crippen LogP contribution in [0.1, 0.15) is 10.4 Å². The number of phenols is 1. The van der Waals surface area contributed by atoms with Crippen molar-refractivity contribution in [3.63, 3.8) is 0 Å². The summed E-state index contributed by atoms with van der Waals surface area (Å²) < 4.78 is 26.5. The second-order valence-electron chi connectivity index (χ2n) is 4.09. The van der Waals surface area contributed by atoms with Crippen molar-refractivity contribution in [2.75, 3.05) is 4.72 Å². The lowest BCUT2D eigenvalue weighted by atomic mass is 10.2. The van der Waals surface area contributed by atoms with Crippen LogP contribution in [0.2, 0.25) is 5.02 Å². The number of aromatic carboxylic acids is 1. The van der Waals surface area contributed by atoms with Crippen LogP contribution >= 0.6 is 11.6 Å². The third kappa shape index (κ3) is 3.45. The molecule has 0 saturated heterocycles. The van der Waals surface area contributed by atoms with Gasteiger partial charge in [-0.05, 0) is 42.5 Å². The van der Waals surface area contributed by atoms with Gasteiger partial charge in [0.2, 0.25) is 0 Å². The van der Waals surface area contributed by atoms with Gasteiger partial charge in [-0.1, -0.05) is 11.6 Å². The lowest BCUT2D eigenvalue weighted by molar-refractivity contribution is 0.0697. The molecule has 3 N–H and O–H groups in total. The van der Waals surface area contributed by atoms with Gasteiger partial charge in [0, 0.05) is 5.02 Å². The molecular weight excluding hydrogens is 318 g/mol. The fourth-order valence-corrected chi connectivity index (χ4v) is 2.82. The van der Waals surface area contributed by atoms with Crippen molar-refractivity contribution in [1.82, 2.24) is 0 Å². The summed E-state index contributed by atoms with van der Waals surface area (Å²) in [5, 5.41) is 18.7. The van der Waals surface area contributed by atoms with E-state index in [1.54, 1.807) is 0 Å². The Morgan fingerprint density at radius 2 is 1.71 bits per heavy atom. The summed E-state index contributed by atoms with van der Waals surface area (Å²) in [5.41, 5.74) is -0.497. The van der Waals surface area contributed by atoms with Crippen LogP contribution in [0.15, 0.2) is 47.4 Å². The van der Waals surface area contributed by atoms with E-state index in [0.717, 1.165) is 6.07 Å². The summed E-state index contributed by atoms with van der Waals surface area (Å²) in [6, 6.07) is 8.73. The maximum Gasteiger partial charge on any atom is 0.337 e. The van der Waals surface area contributed by atoms with Crippen LogP contribution in [0.25, 0.3) is 0 Å². The van der Waals surface area contributed by atoms with Crippen molar-refractivity contribution < 1.29 is 23.4 Å². The topological polar surface area (TPSA) is 104 Å². The number of sulfonamides is 1. The van der Waals surface area contributed by atoms with Gasteiger partial charge in [0.05, 0.1) is 16.1 Å². The number of carboxylic acid groups (broad SMARTS) is 1. The number of benzene rings is 2. The molecule has 0 aliphatic heterocycles. The number of hydrogen-bond acceptors (Lipinski definition) is 4. The summed E-state index contributed by atoms with van der Waals surface area (Å²) in [6.45, 7) is 0. The predicted octanol–water partition coefficient (Wildman–Crippen LogP) is 2.54. The Bertz CT molecular complexity index is 787.